The van der Waals surface area contributed by atoms with Crippen molar-refractivity contribution in [2.24, 2.45) is 17.8 Å². The Morgan fingerprint density at radius 1 is 1.25 bits per heavy atom. The maximum absolute atomic E-state index is 11.7. The number of hydrogen-bond donors (Lipinski definition) is 0. The molecule has 2 rings (SSSR count). The second-order valence-corrected chi connectivity index (χ2v) is 7.31. The Morgan fingerprint density at radius 3 is 2.67 bits per heavy atom. The molecule has 1 aliphatic carbocycles. The van der Waals surface area contributed by atoms with Crippen molar-refractivity contribution in [1.82, 2.24) is 0 Å². The fourth-order valence-electron chi connectivity index (χ4n) is 3.76. The van der Waals surface area contributed by atoms with E-state index < -0.39 is 0 Å². The molecule has 0 aliphatic heterocycles. The largest absolute Gasteiger partial charge is 0.493 e. The quantitative estimate of drug-likeness (QED) is 0.627. The number of carbonyl (C=O) groups is 1. The van der Waals surface area contributed by atoms with E-state index in [4.69, 9.17) is 9.47 Å². The number of benzene rings is 1. The van der Waals surface area contributed by atoms with Crippen molar-refractivity contribution < 1.29 is 14.3 Å². The number of ether oxygens (including phenoxy) is 2. The molecule has 1 fully saturated rings. The second-order valence-electron chi connectivity index (χ2n) is 7.31. The van der Waals surface area contributed by atoms with Gasteiger partial charge in [0.05, 0.1) is 19.6 Å². The van der Waals surface area contributed by atoms with Crippen LogP contribution in [0.3, 0.4) is 0 Å². The Morgan fingerprint density at radius 2 is 2.00 bits per heavy atom. The maximum atomic E-state index is 11.7. The first-order valence-electron chi connectivity index (χ1n) is 9.42. The normalized spacial score (nSPS) is 22.0. The van der Waals surface area contributed by atoms with Crippen LogP contribution in [0.2, 0.25) is 0 Å². The summed E-state index contributed by atoms with van der Waals surface area (Å²) in [6, 6.07) is 8.52. The molecule has 0 N–H and O–H groups in total. The average molecular weight is 332 g/mol. The van der Waals surface area contributed by atoms with Gasteiger partial charge in [0.1, 0.15) is 5.75 Å². The minimum absolute atomic E-state index is 0.0554. The highest BCUT2D eigenvalue weighted by Gasteiger charge is 2.28. The van der Waals surface area contributed by atoms with Crippen molar-refractivity contribution in [2.75, 3.05) is 13.7 Å². The van der Waals surface area contributed by atoms with Crippen molar-refractivity contribution in [3.63, 3.8) is 0 Å². The number of carbonyl (C=O) groups excluding carboxylic acids is 1. The van der Waals surface area contributed by atoms with E-state index in [2.05, 4.69) is 38.1 Å². The van der Waals surface area contributed by atoms with Gasteiger partial charge in [-0.05, 0) is 55.2 Å². The zero-order chi connectivity index (χ0) is 17.4. The van der Waals surface area contributed by atoms with Gasteiger partial charge in [0.15, 0.2) is 0 Å². The van der Waals surface area contributed by atoms with Crippen LogP contribution in [0, 0.1) is 17.8 Å². The van der Waals surface area contributed by atoms with Crippen LogP contribution in [0.4, 0.5) is 0 Å². The minimum atomic E-state index is -0.0646. The molecule has 1 saturated carbocycles. The molecule has 1 unspecified atom stereocenters. The predicted octanol–water partition coefficient (Wildman–Crippen LogP) is 5.02. The third kappa shape index (κ3) is 5.85. The lowest BCUT2D eigenvalue weighted by Crippen LogP contribution is -2.27. The minimum Gasteiger partial charge on any atom is -0.493 e. The van der Waals surface area contributed by atoms with Crippen molar-refractivity contribution in [3.8, 4) is 5.75 Å². The van der Waals surface area contributed by atoms with E-state index in [1.165, 1.54) is 25.5 Å². The van der Waals surface area contributed by atoms with Gasteiger partial charge in [-0.15, -0.1) is 0 Å². The molecule has 0 aromatic heterocycles. The van der Waals surface area contributed by atoms with E-state index in [0.717, 1.165) is 43.8 Å². The third-order valence-electron chi connectivity index (χ3n) is 5.09. The third-order valence-corrected chi connectivity index (χ3v) is 5.09. The summed E-state index contributed by atoms with van der Waals surface area (Å²) in [5.41, 5.74) is 1.38. The standard InChI is InChI=1S/C21H32O3/c1-4-6-16(2)13-17-9-11-20(12-10-17)24-15-18-7-5-8-19(14-18)21(22)23-3/h9-12,16,18-19H,4-8,13-15H2,1-3H3/t16?,18-,19+/m1/s1. The van der Waals surface area contributed by atoms with Gasteiger partial charge in [-0.2, -0.15) is 0 Å². The zero-order valence-electron chi connectivity index (χ0n) is 15.4. The molecular formula is C21H32O3. The highest BCUT2D eigenvalue weighted by Crippen LogP contribution is 2.30. The molecule has 0 radical (unpaired) electrons. The number of hydrogen-bond acceptors (Lipinski definition) is 3. The van der Waals surface area contributed by atoms with Crippen LogP contribution in [0.15, 0.2) is 24.3 Å². The lowest BCUT2D eigenvalue weighted by molar-refractivity contribution is -0.147. The summed E-state index contributed by atoms with van der Waals surface area (Å²) < 4.78 is 10.8. The molecule has 0 amide bonds. The Labute approximate surface area is 146 Å². The van der Waals surface area contributed by atoms with Crippen LogP contribution in [0.5, 0.6) is 5.75 Å². The summed E-state index contributed by atoms with van der Waals surface area (Å²) in [4.78, 5) is 11.7. The van der Waals surface area contributed by atoms with Gasteiger partial charge in [0.25, 0.3) is 0 Å². The first-order chi connectivity index (χ1) is 11.6. The number of methoxy groups -OCH3 is 1. The van der Waals surface area contributed by atoms with Crippen LogP contribution >= 0.6 is 0 Å². The molecule has 3 heteroatoms. The van der Waals surface area contributed by atoms with E-state index in [9.17, 15) is 4.79 Å². The van der Waals surface area contributed by atoms with Gasteiger partial charge in [0, 0.05) is 0 Å². The van der Waals surface area contributed by atoms with Crippen LogP contribution in [-0.4, -0.2) is 19.7 Å². The van der Waals surface area contributed by atoms with E-state index in [0.29, 0.717) is 12.5 Å². The highest BCUT2D eigenvalue weighted by molar-refractivity contribution is 5.72. The summed E-state index contributed by atoms with van der Waals surface area (Å²) in [7, 11) is 1.48. The summed E-state index contributed by atoms with van der Waals surface area (Å²) in [6.07, 6.45) is 7.73. The molecule has 3 nitrogen and oxygen atoms in total. The molecule has 1 aliphatic rings. The molecule has 24 heavy (non-hydrogen) atoms. The molecule has 1 aromatic rings. The van der Waals surface area contributed by atoms with Crippen LogP contribution in [-0.2, 0) is 16.0 Å². The Bertz CT molecular complexity index is 494. The summed E-state index contributed by atoms with van der Waals surface area (Å²) in [6.45, 7) is 5.25. The zero-order valence-corrected chi connectivity index (χ0v) is 15.4. The Balaban J connectivity index is 1.78. The predicted molar refractivity (Wildman–Crippen MR) is 97.2 cm³/mol. The molecule has 0 saturated heterocycles. The highest BCUT2D eigenvalue weighted by atomic mass is 16.5. The molecule has 3 atom stereocenters. The molecule has 1 aromatic carbocycles. The summed E-state index contributed by atoms with van der Waals surface area (Å²) in [5.74, 6) is 2.11. The second kappa shape index (κ2) is 9.71. The average Bonchev–Trinajstić information content (AvgIpc) is 2.61. The first kappa shape index (κ1) is 18.8. The lowest BCUT2D eigenvalue weighted by Gasteiger charge is -2.27. The van der Waals surface area contributed by atoms with Crippen molar-refractivity contribution in [1.29, 1.82) is 0 Å². The fraction of sp³-hybridized carbons (Fsp3) is 0.667. The van der Waals surface area contributed by atoms with Gasteiger partial charge in [-0.25, -0.2) is 0 Å². The first-order valence-corrected chi connectivity index (χ1v) is 9.42. The van der Waals surface area contributed by atoms with Crippen molar-refractivity contribution in [2.45, 2.75) is 58.8 Å². The molecule has 0 heterocycles. The maximum Gasteiger partial charge on any atom is 0.308 e. The van der Waals surface area contributed by atoms with Crippen LogP contribution < -0.4 is 4.74 Å². The number of rotatable bonds is 8. The number of esters is 1. The van der Waals surface area contributed by atoms with Gasteiger partial charge in [-0.3, -0.25) is 4.79 Å². The fourth-order valence-corrected chi connectivity index (χ4v) is 3.76. The van der Waals surface area contributed by atoms with Crippen molar-refractivity contribution in [3.05, 3.63) is 29.8 Å². The Kier molecular flexibility index (Phi) is 7.61. The smallest absolute Gasteiger partial charge is 0.308 e. The van der Waals surface area contributed by atoms with Gasteiger partial charge < -0.3 is 9.47 Å². The topological polar surface area (TPSA) is 35.5 Å². The van der Waals surface area contributed by atoms with Gasteiger partial charge in [-0.1, -0.05) is 45.2 Å². The lowest BCUT2D eigenvalue weighted by atomic mass is 9.82. The summed E-state index contributed by atoms with van der Waals surface area (Å²) >= 11 is 0. The molecular weight excluding hydrogens is 300 g/mol. The SMILES string of the molecule is CCCC(C)Cc1ccc(OC[C@@H]2CCC[C@H](C(=O)OC)C2)cc1. The molecule has 134 valence electrons. The van der Waals surface area contributed by atoms with Crippen LogP contribution in [0.1, 0.15) is 57.9 Å². The van der Waals surface area contributed by atoms with E-state index in [1.54, 1.807) is 0 Å². The van der Waals surface area contributed by atoms with E-state index in [-0.39, 0.29) is 11.9 Å². The monoisotopic (exact) mass is 332 g/mol. The van der Waals surface area contributed by atoms with Gasteiger partial charge >= 0.3 is 5.97 Å². The van der Waals surface area contributed by atoms with E-state index >= 15 is 0 Å². The molecule has 0 spiro atoms. The van der Waals surface area contributed by atoms with Crippen LogP contribution in [0.25, 0.3) is 0 Å². The van der Waals surface area contributed by atoms with Gasteiger partial charge in [0.2, 0.25) is 0 Å². The van der Waals surface area contributed by atoms with Crippen molar-refractivity contribution >= 4 is 5.97 Å². The van der Waals surface area contributed by atoms with E-state index in [1.807, 2.05) is 0 Å². The molecule has 0 bridgehead atoms. The Hall–Kier alpha value is -1.51. The summed E-state index contributed by atoms with van der Waals surface area (Å²) in [5, 5.41) is 0.